The third-order valence-electron chi connectivity index (χ3n) is 3.85. The summed E-state index contributed by atoms with van der Waals surface area (Å²) in [4.78, 5) is 53.8. The van der Waals surface area contributed by atoms with E-state index in [1.165, 1.54) is 13.3 Å². The first kappa shape index (κ1) is 23.1. The first-order valence-corrected chi connectivity index (χ1v) is 8.93. The lowest BCUT2D eigenvalue weighted by Gasteiger charge is -2.20. The second kappa shape index (κ2) is 11.0. The highest BCUT2D eigenvalue weighted by atomic mass is 16.4. The van der Waals surface area contributed by atoms with Crippen LogP contribution in [0.2, 0.25) is 0 Å². The normalized spacial score (nSPS) is 14.0. The third-order valence-corrected chi connectivity index (χ3v) is 3.85. The molecule has 0 fully saturated rings. The number of aromatic nitrogens is 2. The van der Waals surface area contributed by atoms with E-state index in [2.05, 4.69) is 25.9 Å². The van der Waals surface area contributed by atoms with E-state index >= 15 is 0 Å². The molecule has 1 rings (SSSR count). The summed E-state index contributed by atoms with van der Waals surface area (Å²) in [5.74, 6) is -2.81. The van der Waals surface area contributed by atoms with Crippen LogP contribution in [-0.4, -0.2) is 63.4 Å². The number of nitrogens with two attached hydrogens (primary N) is 1. The first-order chi connectivity index (χ1) is 13.1. The van der Waals surface area contributed by atoms with E-state index in [4.69, 9.17) is 10.8 Å². The number of aliphatic carboxylic acids is 1. The van der Waals surface area contributed by atoms with Gasteiger partial charge in [0.2, 0.25) is 17.7 Å². The summed E-state index contributed by atoms with van der Waals surface area (Å²) in [6.07, 6.45) is 3.52. The van der Waals surface area contributed by atoms with Crippen LogP contribution >= 0.6 is 0 Å². The van der Waals surface area contributed by atoms with Crippen molar-refractivity contribution < 1.29 is 24.3 Å². The highest BCUT2D eigenvalue weighted by Gasteiger charge is 2.24. The SMILES string of the molecule is CC(C)CC(NC(=O)C(C)NC(=O)CNC(=O)C(N)Cc1cnc[nH]1)C(=O)O. The number of hydrogen-bond acceptors (Lipinski definition) is 6. The van der Waals surface area contributed by atoms with E-state index < -0.39 is 41.8 Å². The van der Waals surface area contributed by atoms with Gasteiger partial charge in [0.1, 0.15) is 12.1 Å². The average molecular weight is 396 g/mol. The predicted molar refractivity (Wildman–Crippen MR) is 99.9 cm³/mol. The van der Waals surface area contributed by atoms with Crippen molar-refractivity contribution in [2.75, 3.05) is 6.54 Å². The Hall–Kier alpha value is -2.95. The first-order valence-electron chi connectivity index (χ1n) is 8.93. The topological polar surface area (TPSA) is 179 Å². The summed E-state index contributed by atoms with van der Waals surface area (Å²) in [6, 6.07) is -2.86. The number of carbonyl (C=O) groups excluding carboxylic acids is 3. The number of imidazole rings is 1. The Labute approximate surface area is 162 Å². The summed E-state index contributed by atoms with van der Waals surface area (Å²) in [7, 11) is 0. The number of carbonyl (C=O) groups is 4. The van der Waals surface area contributed by atoms with Crippen LogP contribution in [0, 0.1) is 5.92 Å². The van der Waals surface area contributed by atoms with Gasteiger partial charge < -0.3 is 31.8 Å². The number of rotatable bonds is 11. The molecular weight excluding hydrogens is 368 g/mol. The fraction of sp³-hybridized carbons (Fsp3) is 0.588. The molecule has 0 aliphatic rings. The van der Waals surface area contributed by atoms with Crippen molar-refractivity contribution in [2.45, 2.75) is 51.7 Å². The number of H-pyrrole nitrogens is 1. The Morgan fingerprint density at radius 2 is 1.86 bits per heavy atom. The van der Waals surface area contributed by atoms with Crippen LogP contribution in [0.1, 0.15) is 32.9 Å². The third kappa shape index (κ3) is 8.16. The number of carboxylic acids is 1. The molecule has 0 aromatic carbocycles. The molecule has 28 heavy (non-hydrogen) atoms. The molecule has 7 N–H and O–H groups in total. The standard InChI is InChI=1S/C17H28N6O5/c1-9(2)4-13(17(27)28)23-15(25)10(3)22-14(24)7-20-16(26)12(18)5-11-6-19-8-21-11/h6,8-10,12-13H,4-5,7,18H2,1-3H3,(H,19,21)(H,20,26)(H,22,24)(H,23,25)(H,27,28). The number of nitrogens with one attached hydrogen (secondary N) is 4. The quantitative estimate of drug-likeness (QED) is 0.264. The van der Waals surface area contributed by atoms with Crippen molar-refractivity contribution in [3.05, 3.63) is 18.2 Å². The van der Waals surface area contributed by atoms with Crippen LogP contribution in [0.25, 0.3) is 0 Å². The zero-order valence-electron chi connectivity index (χ0n) is 16.2. The number of aromatic amines is 1. The van der Waals surface area contributed by atoms with Gasteiger partial charge in [0.25, 0.3) is 0 Å². The van der Waals surface area contributed by atoms with E-state index in [1.54, 1.807) is 6.20 Å². The summed E-state index contributed by atoms with van der Waals surface area (Å²) >= 11 is 0. The van der Waals surface area contributed by atoms with Crippen LogP contribution in [0.3, 0.4) is 0 Å². The molecule has 1 aromatic heterocycles. The number of nitrogens with zero attached hydrogens (tertiary/aromatic N) is 1. The van der Waals surface area contributed by atoms with Crippen LogP contribution in [0.5, 0.6) is 0 Å². The zero-order valence-corrected chi connectivity index (χ0v) is 16.2. The Kier molecular flexibility index (Phi) is 9.09. The Morgan fingerprint density at radius 1 is 1.18 bits per heavy atom. The summed E-state index contributed by atoms with van der Waals surface area (Å²) in [5, 5.41) is 16.3. The van der Waals surface area contributed by atoms with Crippen molar-refractivity contribution in [2.24, 2.45) is 11.7 Å². The molecule has 3 amide bonds. The molecule has 156 valence electrons. The lowest BCUT2D eigenvalue weighted by Crippen LogP contribution is -2.53. The highest BCUT2D eigenvalue weighted by molar-refractivity contribution is 5.92. The predicted octanol–water partition coefficient (Wildman–Crippen LogP) is -1.48. The molecule has 0 saturated heterocycles. The molecule has 0 aliphatic heterocycles. The second-order valence-corrected chi connectivity index (χ2v) is 6.92. The Morgan fingerprint density at radius 3 is 2.39 bits per heavy atom. The maximum atomic E-state index is 12.1. The molecule has 0 saturated carbocycles. The molecule has 11 heteroatoms. The van der Waals surface area contributed by atoms with Gasteiger partial charge in [-0.25, -0.2) is 9.78 Å². The summed E-state index contributed by atoms with van der Waals surface area (Å²) in [5.41, 5.74) is 6.44. The molecule has 0 bridgehead atoms. The summed E-state index contributed by atoms with van der Waals surface area (Å²) < 4.78 is 0. The summed E-state index contributed by atoms with van der Waals surface area (Å²) in [6.45, 7) is 4.74. The lowest BCUT2D eigenvalue weighted by molar-refractivity contribution is -0.142. The smallest absolute Gasteiger partial charge is 0.326 e. The minimum atomic E-state index is -1.14. The van der Waals surface area contributed by atoms with Gasteiger partial charge in [-0.15, -0.1) is 0 Å². The van der Waals surface area contributed by atoms with Crippen LogP contribution in [0.15, 0.2) is 12.5 Å². The van der Waals surface area contributed by atoms with Gasteiger partial charge in [0.05, 0.1) is 18.9 Å². The van der Waals surface area contributed by atoms with Crippen LogP contribution in [0.4, 0.5) is 0 Å². The fourth-order valence-electron chi connectivity index (χ4n) is 2.37. The van der Waals surface area contributed by atoms with Gasteiger partial charge in [-0.1, -0.05) is 13.8 Å². The van der Waals surface area contributed by atoms with Crippen molar-refractivity contribution in [3.63, 3.8) is 0 Å². The maximum Gasteiger partial charge on any atom is 0.326 e. The second-order valence-electron chi connectivity index (χ2n) is 6.92. The van der Waals surface area contributed by atoms with Crippen molar-refractivity contribution in [1.29, 1.82) is 0 Å². The monoisotopic (exact) mass is 396 g/mol. The molecular formula is C17H28N6O5. The Balaban J connectivity index is 2.41. The molecule has 0 radical (unpaired) electrons. The zero-order chi connectivity index (χ0) is 21.3. The van der Waals surface area contributed by atoms with E-state index in [-0.39, 0.29) is 25.3 Å². The Bertz CT molecular complexity index is 676. The van der Waals surface area contributed by atoms with E-state index in [0.717, 1.165) is 0 Å². The number of amides is 3. The fourth-order valence-corrected chi connectivity index (χ4v) is 2.37. The molecule has 3 atom stereocenters. The average Bonchev–Trinajstić information content (AvgIpc) is 3.11. The molecule has 11 nitrogen and oxygen atoms in total. The number of hydrogen-bond donors (Lipinski definition) is 6. The van der Waals surface area contributed by atoms with Gasteiger partial charge in [-0.05, 0) is 19.3 Å². The molecule has 1 aromatic rings. The van der Waals surface area contributed by atoms with Gasteiger partial charge in [-0.3, -0.25) is 14.4 Å². The minimum absolute atomic E-state index is 0.0764. The van der Waals surface area contributed by atoms with Gasteiger partial charge in [0.15, 0.2) is 0 Å². The van der Waals surface area contributed by atoms with Crippen LogP contribution in [-0.2, 0) is 25.6 Å². The van der Waals surface area contributed by atoms with Crippen molar-refractivity contribution in [1.82, 2.24) is 25.9 Å². The molecule has 0 aliphatic carbocycles. The largest absolute Gasteiger partial charge is 0.480 e. The van der Waals surface area contributed by atoms with Crippen molar-refractivity contribution in [3.8, 4) is 0 Å². The van der Waals surface area contributed by atoms with E-state index in [0.29, 0.717) is 5.69 Å². The molecule has 0 spiro atoms. The highest BCUT2D eigenvalue weighted by Crippen LogP contribution is 2.05. The number of carboxylic acid groups (broad SMARTS) is 1. The van der Waals surface area contributed by atoms with Gasteiger partial charge in [0, 0.05) is 18.3 Å². The lowest BCUT2D eigenvalue weighted by atomic mass is 10.0. The van der Waals surface area contributed by atoms with Gasteiger partial charge in [-0.2, -0.15) is 0 Å². The molecule has 1 heterocycles. The van der Waals surface area contributed by atoms with Crippen molar-refractivity contribution >= 4 is 23.7 Å². The van der Waals surface area contributed by atoms with E-state index in [9.17, 15) is 19.2 Å². The van der Waals surface area contributed by atoms with E-state index in [1.807, 2.05) is 13.8 Å². The van der Waals surface area contributed by atoms with Gasteiger partial charge >= 0.3 is 5.97 Å². The minimum Gasteiger partial charge on any atom is -0.480 e. The van der Waals surface area contributed by atoms with Crippen LogP contribution < -0.4 is 21.7 Å². The molecule has 3 unspecified atom stereocenters. The maximum absolute atomic E-state index is 12.1.